The van der Waals surface area contributed by atoms with Gasteiger partial charge in [0.25, 0.3) is 0 Å². The molecule has 0 radical (unpaired) electrons. The van der Waals surface area contributed by atoms with Crippen LogP contribution in [0, 0.1) is 0 Å². The van der Waals surface area contributed by atoms with Crippen molar-refractivity contribution in [3.63, 3.8) is 0 Å². The lowest BCUT2D eigenvalue weighted by Gasteiger charge is -2.21. The molecule has 0 aromatic carbocycles. The number of β-amino-alcohol motifs (C(OH)–C–C–N with tert-alkyl or cyclic N) is 1. The highest BCUT2D eigenvalue weighted by Gasteiger charge is 2.17. The van der Waals surface area contributed by atoms with E-state index in [4.69, 9.17) is 0 Å². The molecule has 0 saturated carbocycles. The fraction of sp³-hybridized carbons (Fsp3) is 1.00. The first-order chi connectivity index (χ1) is 4.70. The van der Waals surface area contributed by atoms with Gasteiger partial charge < -0.3 is 10.4 Å². The third-order valence-electron chi connectivity index (χ3n) is 2.07. The van der Waals surface area contributed by atoms with Gasteiger partial charge in [-0.1, -0.05) is 0 Å². The van der Waals surface area contributed by atoms with Crippen LogP contribution in [0.5, 0.6) is 0 Å². The molecular formula is C7H16N2O. The average molecular weight is 144 g/mol. The normalized spacial score (nSPS) is 37.5. The quantitative estimate of drug-likeness (QED) is 0.470. The Morgan fingerprint density at radius 1 is 1.50 bits per heavy atom. The van der Waals surface area contributed by atoms with Crippen LogP contribution in [0.15, 0.2) is 0 Å². The van der Waals surface area contributed by atoms with Crippen molar-refractivity contribution in [2.45, 2.75) is 19.1 Å². The van der Waals surface area contributed by atoms with E-state index in [0.717, 1.165) is 19.6 Å². The van der Waals surface area contributed by atoms with Crippen molar-refractivity contribution < 1.29 is 5.11 Å². The van der Waals surface area contributed by atoms with Crippen LogP contribution < -0.4 is 5.32 Å². The van der Waals surface area contributed by atoms with Crippen LogP contribution in [0.1, 0.15) is 6.92 Å². The SMILES string of the molecule is CC1CNCC(O)CN1C. The summed E-state index contributed by atoms with van der Waals surface area (Å²) in [6.45, 7) is 4.65. The Bertz CT molecular complexity index is 108. The van der Waals surface area contributed by atoms with Crippen molar-refractivity contribution in [3.8, 4) is 0 Å². The summed E-state index contributed by atoms with van der Waals surface area (Å²) in [6.07, 6.45) is -0.199. The summed E-state index contributed by atoms with van der Waals surface area (Å²) in [7, 11) is 2.04. The van der Waals surface area contributed by atoms with Gasteiger partial charge in [-0.2, -0.15) is 0 Å². The van der Waals surface area contributed by atoms with Gasteiger partial charge in [0.15, 0.2) is 0 Å². The van der Waals surface area contributed by atoms with E-state index >= 15 is 0 Å². The molecule has 60 valence electrons. The van der Waals surface area contributed by atoms with E-state index in [2.05, 4.69) is 17.1 Å². The number of aliphatic hydroxyl groups is 1. The highest BCUT2D eigenvalue weighted by Crippen LogP contribution is 1.99. The van der Waals surface area contributed by atoms with E-state index in [1.165, 1.54) is 0 Å². The molecule has 2 atom stereocenters. The fourth-order valence-electron chi connectivity index (χ4n) is 1.19. The number of nitrogens with zero attached hydrogens (tertiary/aromatic N) is 1. The van der Waals surface area contributed by atoms with Crippen LogP contribution in [0.2, 0.25) is 0 Å². The molecule has 1 saturated heterocycles. The van der Waals surface area contributed by atoms with Crippen LogP contribution in [0.25, 0.3) is 0 Å². The maximum atomic E-state index is 9.27. The van der Waals surface area contributed by atoms with Crippen molar-refractivity contribution in [3.05, 3.63) is 0 Å². The zero-order valence-corrected chi connectivity index (χ0v) is 6.67. The molecule has 1 heterocycles. The van der Waals surface area contributed by atoms with E-state index < -0.39 is 0 Å². The standard InChI is InChI=1S/C7H16N2O/c1-6-3-8-4-7(10)5-9(6)2/h6-8,10H,3-5H2,1-2H3. The zero-order chi connectivity index (χ0) is 7.56. The van der Waals surface area contributed by atoms with Crippen LogP contribution in [0.3, 0.4) is 0 Å². The number of rotatable bonds is 0. The number of hydrogen-bond donors (Lipinski definition) is 2. The molecule has 0 bridgehead atoms. The molecule has 1 aliphatic heterocycles. The molecule has 0 aromatic rings. The number of hydrogen-bond acceptors (Lipinski definition) is 3. The number of likely N-dealkylation sites (N-methyl/N-ethyl adjacent to an activating group) is 1. The first-order valence-corrected chi connectivity index (χ1v) is 3.79. The molecule has 1 rings (SSSR count). The molecule has 1 fully saturated rings. The van der Waals surface area contributed by atoms with E-state index in [-0.39, 0.29) is 6.10 Å². The second-order valence-electron chi connectivity index (χ2n) is 3.10. The topological polar surface area (TPSA) is 35.5 Å². The van der Waals surface area contributed by atoms with Crippen molar-refractivity contribution in [2.75, 3.05) is 26.7 Å². The van der Waals surface area contributed by atoms with Gasteiger partial charge in [0.2, 0.25) is 0 Å². The van der Waals surface area contributed by atoms with E-state index in [9.17, 15) is 5.11 Å². The minimum Gasteiger partial charge on any atom is -0.390 e. The van der Waals surface area contributed by atoms with Gasteiger partial charge in [-0.25, -0.2) is 0 Å². The van der Waals surface area contributed by atoms with Crippen molar-refractivity contribution in [1.29, 1.82) is 0 Å². The molecular weight excluding hydrogens is 128 g/mol. The fourth-order valence-corrected chi connectivity index (χ4v) is 1.19. The van der Waals surface area contributed by atoms with Crippen LogP contribution in [0.4, 0.5) is 0 Å². The maximum Gasteiger partial charge on any atom is 0.0791 e. The predicted octanol–water partition coefficient (Wildman–Crippen LogP) is -0.729. The Labute approximate surface area is 62.0 Å². The molecule has 0 aromatic heterocycles. The van der Waals surface area contributed by atoms with E-state index in [1.54, 1.807) is 0 Å². The van der Waals surface area contributed by atoms with Gasteiger partial charge in [-0.05, 0) is 14.0 Å². The Morgan fingerprint density at radius 2 is 2.20 bits per heavy atom. The molecule has 0 spiro atoms. The van der Waals surface area contributed by atoms with Crippen LogP contribution >= 0.6 is 0 Å². The number of aliphatic hydroxyl groups excluding tert-OH is 1. The maximum absolute atomic E-state index is 9.27. The molecule has 10 heavy (non-hydrogen) atoms. The Morgan fingerprint density at radius 3 is 2.90 bits per heavy atom. The average Bonchev–Trinajstić information content (AvgIpc) is 1.96. The second kappa shape index (κ2) is 3.32. The molecule has 2 N–H and O–H groups in total. The molecule has 3 nitrogen and oxygen atoms in total. The summed E-state index contributed by atoms with van der Waals surface area (Å²) in [5, 5.41) is 12.5. The first-order valence-electron chi connectivity index (χ1n) is 3.79. The summed E-state index contributed by atoms with van der Waals surface area (Å²) in [5.41, 5.74) is 0. The van der Waals surface area contributed by atoms with Gasteiger partial charge in [-0.15, -0.1) is 0 Å². The second-order valence-corrected chi connectivity index (χ2v) is 3.10. The third kappa shape index (κ3) is 1.94. The molecule has 1 aliphatic rings. The summed E-state index contributed by atoms with van der Waals surface area (Å²) >= 11 is 0. The van der Waals surface area contributed by atoms with E-state index in [1.807, 2.05) is 7.05 Å². The Kier molecular flexibility index (Phi) is 2.65. The van der Waals surface area contributed by atoms with Gasteiger partial charge in [0.05, 0.1) is 6.10 Å². The summed E-state index contributed by atoms with van der Waals surface area (Å²) in [5.74, 6) is 0. The lowest BCUT2D eigenvalue weighted by molar-refractivity contribution is 0.130. The van der Waals surface area contributed by atoms with E-state index in [0.29, 0.717) is 6.04 Å². The molecule has 0 aliphatic carbocycles. The summed E-state index contributed by atoms with van der Waals surface area (Å²) in [6, 6.07) is 0.539. The monoisotopic (exact) mass is 144 g/mol. The minimum atomic E-state index is -0.199. The highest BCUT2D eigenvalue weighted by atomic mass is 16.3. The van der Waals surface area contributed by atoms with Gasteiger partial charge in [0, 0.05) is 25.7 Å². The largest absolute Gasteiger partial charge is 0.390 e. The van der Waals surface area contributed by atoms with Crippen LogP contribution in [-0.4, -0.2) is 48.8 Å². The highest BCUT2D eigenvalue weighted by molar-refractivity contribution is 4.75. The molecule has 0 amide bonds. The van der Waals surface area contributed by atoms with Gasteiger partial charge in [-0.3, -0.25) is 4.90 Å². The summed E-state index contributed by atoms with van der Waals surface area (Å²) < 4.78 is 0. The van der Waals surface area contributed by atoms with Gasteiger partial charge >= 0.3 is 0 Å². The summed E-state index contributed by atoms with van der Waals surface area (Å²) in [4.78, 5) is 2.17. The van der Waals surface area contributed by atoms with Crippen LogP contribution in [-0.2, 0) is 0 Å². The first kappa shape index (κ1) is 7.98. The zero-order valence-electron chi connectivity index (χ0n) is 6.67. The smallest absolute Gasteiger partial charge is 0.0791 e. The van der Waals surface area contributed by atoms with Gasteiger partial charge in [0.1, 0.15) is 0 Å². The van der Waals surface area contributed by atoms with Crippen molar-refractivity contribution in [1.82, 2.24) is 10.2 Å². The third-order valence-corrected chi connectivity index (χ3v) is 2.07. The molecule has 2 unspecified atom stereocenters. The van der Waals surface area contributed by atoms with Crippen molar-refractivity contribution >= 4 is 0 Å². The minimum absolute atomic E-state index is 0.199. The van der Waals surface area contributed by atoms with Crippen molar-refractivity contribution in [2.24, 2.45) is 0 Å². The Balaban J connectivity index is 2.41. The predicted molar refractivity (Wildman–Crippen MR) is 41.0 cm³/mol. The lowest BCUT2D eigenvalue weighted by atomic mass is 10.3. The lowest BCUT2D eigenvalue weighted by Crippen LogP contribution is -2.35. The molecule has 3 heteroatoms. The number of nitrogens with one attached hydrogen (secondary N) is 1. The Hall–Kier alpha value is -0.120.